The minimum atomic E-state index is -0.276. The summed E-state index contributed by atoms with van der Waals surface area (Å²) in [4.78, 5) is 24.6. The van der Waals surface area contributed by atoms with Crippen LogP contribution in [0.15, 0.2) is 18.2 Å². The highest BCUT2D eigenvalue weighted by atomic mass is 16.6. The molecule has 0 amide bonds. The van der Waals surface area contributed by atoms with E-state index in [9.17, 15) is 9.59 Å². The molecule has 0 aliphatic heterocycles. The molecule has 1 aromatic rings. The molecule has 158 valence electrons. The van der Waals surface area contributed by atoms with Gasteiger partial charge >= 0.3 is 11.9 Å². The van der Waals surface area contributed by atoms with E-state index in [0.717, 1.165) is 56.9 Å². The largest absolute Gasteiger partial charge is 0.423 e. The maximum Gasteiger partial charge on any atom is 0.311 e. The van der Waals surface area contributed by atoms with E-state index in [0.29, 0.717) is 24.3 Å². The summed E-state index contributed by atoms with van der Waals surface area (Å²) in [6.45, 7) is 10.4. The van der Waals surface area contributed by atoms with Crippen molar-refractivity contribution in [2.75, 3.05) is 0 Å². The number of carbonyl (C=O) groups excluding carboxylic acids is 2. The molecule has 28 heavy (non-hydrogen) atoms. The van der Waals surface area contributed by atoms with Gasteiger partial charge in [-0.1, -0.05) is 85.3 Å². The molecule has 1 rings (SSSR count). The molecule has 0 saturated carbocycles. The molecule has 0 aliphatic rings. The topological polar surface area (TPSA) is 52.6 Å². The van der Waals surface area contributed by atoms with Crippen LogP contribution < -0.4 is 9.47 Å². The molecule has 0 fully saturated rings. The van der Waals surface area contributed by atoms with Crippen LogP contribution in [0.3, 0.4) is 0 Å². The fourth-order valence-electron chi connectivity index (χ4n) is 3.02. The number of para-hydroxylation sites is 1. The van der Waals surface area contributed by atoms with Crippen molar-refractivity contribution in [3.63, 3.8) is 0 Å². The fraction of sp³-hybridized carbons (Fsp3) is 0.667. The van der Waals surface area contributed by atoms with Crippen molar-refractivity contribution in [3.05, 3.63) is 23.8 Å². The Balaban J connectivity index is 2.88. The second-order valence-corrected chi connectivity index (χ2v) is 8.45. The second-order valence-electron chi connectivity index (χ2n) is 8.45. The fourth-order valence-corrected chi connectivity index (χ4v) is 3.02. The predicted octanol–water partition coefficient (Wildman–Crippen LogP) is 6.74. The van der Waals surface area contributed by atoms with Crippen molar-refractivity contribution in [2.45, 2.75) is 104 Å². The number of rotatable bonds is 12. The van der Waals surface area contributed by atoms with Gasteiger partial charge in [0.25, 0.3) is 0 Å². The first-order valence-corrected chi connectivity index (χ1v) is 10.8. The molecule has 0 atom stereocenters. The lowest BCUT2D eigenvalue weighted by Crippen LogP contribution is -2.18. The van der Waals surface area contributed by atoms with Crippen LogP contribution in [-0.2, 0) is 15.0 Å². The van der Waals surface area contributed by atoms with Crippen molar-refractivity contribution < 1.29 is 19.1 Å². The first kappa shape index (κ1) is 24.2. The van der Waals surface area contributed by atoms with E-state index < -0.39 is 0 Å². The molecule has 0 heterocycles. The van der Waals surface area contributed by atoms with Gasteiger partial charge in [0, 0.05) is 18.4 Å². The summed E-state index contributed by atoms with van der Waals surface area (Å²) in [5.74, 6) is 0.183. The van der Waals surface area contributed by atoms with E-state index >= 15 is 0 Å². The number of benzene rings is 1. The smallest absolute Gasteiger partial charge is 0.311 e. The van der Waals surface area contributed by atoms with E-state index in [4.69, 9.17) is 9.47 Å². The maximum absolute atomic E-state index is 12.4. The van der Waals surface area contributed by atoms with Crippen LogP contribution in [-0.4, -0.2) is 11.9 Å². The second kappa shape index (κ2) is 12.6. The van der Waals surface area contributed by atoms with E-state index in [2.05, 4.69) is 34.6 Å². The maximum atomic E-state index is 12.4. The van der Waals surface area contributed by atoms with E-state index in [1.807, 2.05) is 12.1 Å². The van der Waals surface area contributed by atoms with Crippen molar-refractivity contribution >= 4 is 11.9 Å². The molecular formula is C24H38O4. The molecular weight excluding hydrogens is 352 g/mol. The first-order valence-electron chi connectivity index (χ1n) is 10.8. The van der Waals surface area contributed by atoms with Crippen molar-refractivity contribution in [3.8, 4) is 11.5 Å². The molecule has 0 aliphatic carbocycles. The van der Waals surface area contributed by atoms with E-state index in [1.165, 1.54) is 0 Å². The lowest BCUT2D eigenvalue weighted by molar-refractivity contribution is -0.137. The highest BCUT2D eigenvalue weighted by Gasteiger charge is 2.25. The number of unbranched alkanes of at least 4 members (excludes halogenated alkanes) is 6. The molecule has 0 saturated heterocycles. The summed E-state index contributed by atoms with van der Waals surface area (Å²) in [6, 6.07) is 5.48. The van der Waals surface area contributed by atoms with Crippen LogP contribution in [0.2, 0.25) is 0 Å². The van der Waals surface area contributed by atoms with Gasteiger partial charge < -0.3 is 9.47 Å². The quantitative estimate of drug-likeness (QED) is 0.225. The van der Waals surface area contributed by atoms with Crippen LogP contribution >= 0.6 is 0 Å². The number of esters is 2. The summed E-state index contributed by atoms with van der Waals surface area (Å²) in [7, 11) is 0. The predicted molar refractivity (Wildman–Crippen MR) is 114 cm³/mol. The van der Waals surface area contributed by atoms with Crippen LogP contribution in [0.1, 0.15) is 104 Å². The Hall–Kier alpha value is -1.84. The Morgan fingerprint density at radius 1 is 0.786 bits per heavy atom. The van der Waals surface area contributed by atoms with Gasteiger partial charge in [-0.25, -0.2) is 0 Å². The minimum Gasteiger partial charge on any atom is -0.423 e. The molecule has 0 spiro atoms. The zero-order valence-electron chi connectivity index (χ0n) is 18.4. The third kappa shape index (κ3) is 8.90. The SMILES string of the molecule is CCCCCCC(=O)Oc1cccc(C(C)(C)C)c1OC(=O)CCCCCC. The first-order chi connectivity index (χ1) is 13.3. The van der Waals surface area contributed by atoms with E-state index in [1.54, 1.807) is 6.07 Å². The van der Waals surface area contributed by atoms with Gasteiger partial charge in [-0.2, -0.15) is 0 Å². The third-order valence-corrected chi connectivity index (χ3v) is 4.70. The molecule has 4 nitrogen and oxygen atoms in total. The summed E-state index contributed by atoms with van der Waals surface area (Å²) >= 11 is 0. The van der Waals surface area contributed by atoms with Gasteiger partial charge in [-0.05, 0) is 24.3 Å². The molecule has 0 N–H and O–H groups in total. The molecule has 0 aromatic heterocycles. The standard InChI is InChI=1S/C24H38O4/c1-6-8-10-12-17-21(25)27-20-16-14-15-19(24(3,4)5)23(20)28-22(26)18-13-11-9-7-2/h14-16H,6-13,17-18H2,1-5H3. The van der Waals surface area contributed by atoms with Gasteiger partial charge in [0.2, 0.25) is 0 Å². The number of carbonyl (C=O) groups is 2. The summed E-state index contributed by atoms with van der Waals surface area (Å²) in [5, 5.41) is 0. The van der Waals surface area contributed by atoms with Crippen LogP contribution in [0.25, 0.3) is 0 Å². The Kier molecular flexibility index (Phi) is 10.9. The van der Waals surface area contributed by atoms with Crippen molar-refractivity contribution in [1.29, 1.82) is 0 Å². The minimum absolute atomic E-state index is 0.235. The Labute approximate surface area is 171 Å². The van der Waals surface area contributed by atoms with Crippen molar-refractivity contribution in [2.24, 2.45) is 0 Å². The van der Waals surface area contributed by atoms with Crippen molar-refractivity contribution in [1.82, 2.24) is 0 Å². The highest BCUT2D eigenvalue weighted by molar-refractivity contribution is 5.77. The van der Waals surface area contributed by atoms with Crippen LogP contribution in [0, 0.1) is 0 Å². The van der Waals surface area contributed by atoms with Gasteiger partial charge in [0.05, 0.1) is 0 Å². The molecule has 4 heteroatoms. The Morgan fingerprint density at radius 2 is 1.32 bits per heavy atom. The third-order valence-electron chi connectivity index (χ3n) is 4.70. The molecule has 0 radical (unpaired) electrons. The number of hydrogen-bond acceptors (Lipinski definition) is 4. The van der Waals surface area contributed by atoms with Gasteiger partial charge in [0.1, 0.15) is 0 Å². The average molecular weight is 391 g/mol. The Bertz CT molecular complexity index is 614. The number of hydrogen-bond donors (Lipinski definition) is 0. The molecule has 0 unspecified atom stereocenters. The van der Waals surface area contributed by atoms with E-state index in [-0.39, 0.29) is 17.4 Å². The van der Waals surface area contributed by atoms with Gasteiger partial charge in [0.15, 0.2) is 11.5 Å². The normalized spacial score (nSPS) is 11.3. The average Bonchev–Trinajstić information content (AvgIpc) is 2.63. The monoisotopic (exact) mass is 390 g/mol. The molecule has 1 aromatic carbocycles. The zero-order chi connectivity index (χ0) is 21.0. The Morgan fingerprint density at radius 3 is 1.82 bits per heavy atom. The van der Waals surface area contributed by atoms with Gasteiger partial charge in [-0.15, -0.1) is 0 Å². The van der Waals surface area contributed by atoms with Gasteiger partial charge in [-0.3, -0.25) is 9.59 Å². The zero-order valence-corrected chi connectivity index (χ0v) is 18.4. The summed E-state index contributed by atoms with van der Waals surface area (Å²) < 4.78 is 11.3. The summed E-state index contributed by atoms with van der Waals surface area (Å²) in [5.41, 5.74) is 0.632. The highest BCUT2D eigenvalue weighted by Crippen LogP contribution is 2.39. The summed E-state index contributed by atoms with van der Waals surface area (Å²) in [6.07, 6.45) is 8.92. The lowest BCUT2D eigenvalue weighted by Gasteiger charge is -2.23. The van der Waals surface area contributed by atoms with Crippen LogP contribution in [0.4, 0.5) is 0 Å². The number of ether oxygens (including phenoxy) is 2. The molecule has 0 bridgehead atoms. The lowest BCUT2D eigenvalue weighted by atomic mass is 9.86. The van der Waals surface area contributed by atoms with Crippen LogP contribution in [0.5, 0.6) is 11.5 Å².